The van der Waals surface area contributed by atoms with Gasteiger partial charge in [0.2, 0.25) is 0 Å². The van der Waals surface area contributed by atoms with E-state index in [-0.39, 0.29) is 11.9 Å². The van der Waals surface area contributed by atoms with Crippen LogP contribution in [0, 0.1) is 6.92 Å². The third-order valence-corrected chi connectivity index (χ3v) is 4.65. The number of ether oxygens (including phenoxy) is 1. The van der Waals surface area contributed by atoms with Gasteiger partial charge in [0.05, 0.1) is 11.3 Å². The molecule has 0 radical (unpaired) electrons. The molecule has 2 heterocycles. The van der Waals surface area contributed by atoms with Crippen LogP contribution in [0.5, 0.6) is 0 Å². The van der Waals surface area contributed by atoms with E-state index in [0.717, 1.165) is 16.9 Å². The summed E-state index contributed by atoms with van der Waals surface area (Å²) in [5, 5.41) is 0. The van der Waals surface area contributed by atoms with Crippen LogP contribution in [0.2, 0.25) is 0 Å². The lowest BCUT2D eigenvalue weighted by Crippen LogP contribution is -2.12. The Balaban J connectivity index is 2.50. The first-order valence-corrected chi connectivity index (χ1v) is 9.12. The third-order valence-electron chi connectivity index (χ3n) is 3.62. The predicted molar refractivity (Wildman–Crippen MR) is 86.4 cm³/mol. The van der Waals surface area contributed by atoms with E-state index in [1.54, 1.807) is 13.3 Å². The molecule has 122 valence electrons. The van der Waals surface area contributed by atoms with Gasteiger partial charge in [0.15, 0.2) is 5.82 Å². The Morgan fingerprint density at radius 1 is 1.45 bits per heavy atom. The Labute approximate surface area is 130 Å². The van der Waals surface area contributed by atoms with E-state index in [1.165, 1.54) is 6.26 Å². The highest BCUT2D eigenvalue weighted by Gasteiger charge is 2.19. The van der Waals surface area contributed by atoms with Crippen LogP contribution in [0.15, 0.2) is 6.20 Å². The third kappa shape index (κ3) is 3.38. The number of sulfone groups is 1. The summed E-state index contributed by atoms with van der Waals surface area (Å²) in [5.41, 5.74) is 8.40. The molecule has 2 aromatic rings. The number of imidazole rings is 1. The van der Waals surface area contributed by atoms with Crippen LogP contribution in [0.4, 0.5) is 5.82 Å². The summed E-state index contributed by atoms with van der Waals surface area (Å²) >= 11 is 0. The molecule has 0 aromatic carbocycles. The van der Waals surface area contributed by atoms with Crippen molar-refractivity contribution in [2.75, 3.05) is 24.9 Å². The van der Waals surface area contributed by atoms with Gasteiger partial charge in [-0.15, -0.1) is 0 Å². The smallest absolute Gasteiger partial charge is 0.151 e. The minimum atomic E-state index is -2.99. The fourth-order valence-corrected chi connectivity index (χ4v) is 3.12. The summed E-state index contributed by atoms with van der Waals surface area (Å²) in [6.45, 7) is 4.37. The summed E-state index contributed by atoms with van der Waals surface area (Å²) in [6.07, 6.45) is 3.23. The van der Waals surface area contributed by atoms with Gasteiger partial charge in [-0.05, 0) is 25.8 Å². The average Bonchev–Trinajstić information content (AvgIpc) is 2.82. The fourth-order valence-electron chi connectivity index (χ4n) is 2.46. The summed E-state index contributed by atoms with van der Waals surface area (Å²) < 4.78 is 30.0. The second kappa shape index (κ2) is 6.21. The lowest BCUT2D eigenvalue weighted by Gasteiger charge is -2.14. The molecule has 8 heteroatoms. The molecule has 22 heavy (non-hydrogen) atoms. The van der Waals surface area contributed by atoms with Gasteiger partial charge in [-0.3, -0.25) is 0 Å². The second-order valence-electron chi connectivity index (χ2n) is 5.51. The lowest BCUT2D eigenvalue weighted by molar-refractivity contribution is 0.109. The number of anilines is 1. The second-order valence-corrected chi connectivity index (χ2v) is 7.77. The van der Waals surface area contributed by atoms with Gasteiger partial charge in [-0.2, -0.15) is 0 Å². The van der Waals surface area contributed by atoms with Crippen molar-refractivity contribution in [2.45, 2.75) is 32.9 Å². The topological polar surface area (TPSA) is 100 Å². The minimum Gasteiger partial charge on any atom is -0.382 e. The maximum atomic E-state index is 11.3. The lowest BCUT2D eigenvalue weighted by atomic mass is 10.2. The van der Waals surface area contributed by atoms with Crippen LogP contribution in [0.1, 0.15) is 30.8 Å². The summed E-state index contributed by atoms with van der Waals surface area (Å²) in [5.74, 6) is 1.23. The van der Waals surface area contributed by atoms with Gasteiger partial charge < -0.3 is 15.0 Å². The Bertz CT molecular complexity index is 783. The van der Waals surface area contributed by atoms with E-state index < -0.39 is 9.84 Å². The van der Waals surface area contributed by atoms with Crippen molar-refractivity contribution in [3.63, 3.8) is 0 Å². The number of rotatable bonds is 6. The molecule has 0 fully saturated rings. The molecule has 1 unspecified atom stereocenters. The highest BCUT2D eigenvalue weighted by atomic mass is 32.2. The molecule has 0 aliphatic carbocycles. The fraction of sp³-hybridized carbons (Fsp3) is 0.571. The van der Waals surface area contributed by atoms with Crippen LogP contribution in [-0.2, 0) is 21.1 Å². The number of nitrogens with two attached hydrogens (primary N) is 1. The molecule has 7 nitrogen and oxygen atoms in total. The maximum Gasteiger partial charge on any atom is 0.151 e. The maximum absolute atomic E-state index is 11.3. The monoisotopic (exact) mass is 326 g/mol. The van der Waals surface area contributed by atoms with E-state index in [2.05, 4.69) is 9.97 Å². The number of fused-ring (bicyclic) bond motifs is 1. The van der Waals surface area contributed by atoms with Gasteiger partial charge in [-0.1, -0.05) is 0 Å². The number of aryl methyl sites for hydroxylation is 2. The molecule has 2 N–H and O–H groups in total. The predicted octanol–water partition coefficient (Wildman–Crippen LogP) is 1.46. The van der Waals surface area contributed by atoms with Crippen LogP contribution in [0.3, 0.4) is 0 Å². The molecule has 0 amide bonds. The van der Waals surface area contributed by atoms with E-state index in [9.17, 15) is 8.42 Å². The van der Waals surface area contributed by atoms with Crippen molar-refractivity contribution in [2.24, 2.45) is 0 Å². The van der Waals surface area contributed by atoms with Crippen LogP contribution in [0.25, 0.3) is 11.0 Å². The zero-order valence-electron chi connectivity index (χ0n) is 13.3. The van der Waals surface area contributed by atoms with Crippen molar-refractivity contribution in [3.05, 3.63) is 17.6 Å². The molecule has 0 saturated carbocycles. The number of hydrogen-bond donors (Lipinski definition) is 1. The first kappa shape index (κ1) is 16.7. The van der Waals surface area contributed by atoms with Crippen LogP contribution < -0.4 is 5.73 Å². The molecule has 2 rings (SSSR count). The first-order chi connectivity index (χ1) is 10.2. The Morgan fingerprint density at radius 2 is 2.14 bits per heavy atom. The standard InChI is InChI=1S/C14H22N4O3S/c1-9-8-16-13(15)11-12(9)18(6-5-7-22(4,19)20)14(17-11)10(2)21-3/h8,10H,5-7H2,1-4H3,(H2,15,16). The molecular formula is C14H22N4O3S. The molecule has 0 aliphatic heterocycles. The number of nitrogens with zero attached hydrogens (tertiary/aromatic N) is 3. The molecular weight excluding hydrogens is 304 g/mol. The Kier molecular flexibility index (Phi) is 4.72. The van der Waals surface area contributed by atoms with Crippen molar-refractivity contribution >= 4 is 26.7 Å². The quantitative estimate of drug-likeness (QED) is 0.862. The van der Waals surface area contributed by atoms with Gasteiger partial charge in [-0.25, -0.2) is 18.4 Å². The number of nitrogen functional groups attached to an aromatic ring is 1. The molecule has 0 spiro atoms. The summed E-state index contributed by atoms with van der Waals surface area (Å²) in [4.78, 5) is 8.69. The zero-order valence-corrected chi connectivity index (χ0v) is 14.1. The Morgan fingerprint density at radius 3 is 2.73 bits per heavy atom. The van der Waals surface area contributed by atoms with Gasteiger partial charge >= 0.3 is 0 Å². The molecule has 0 saturated heterocycles. The number of hydrogen-bond acceptors (Lipinski definition) is 6. The Hall–Kier alpha value is -1.67. The number of methoxy groups -OCH3 is 1. The molecule has 0 bridgehead atoms. The minimum absolute atomic E-state index is 0.132. The van der Waals surface area contributed by atoms with E-state index >= 15 is 0 Å². The van der Waals surface area contributed by atoms with Crippen molar-refractivity contribution in [1.29, 1.82) is 0 Å². The van der Waals surface area contributed by atoms with E-state index in [1.807, 2.05) is 18.4 Å². The average molecular weight is 326 g/mol. The van der Waals surface area contributed by atoms with Crippen molar-refractivity contribution in [3.8, 4) is 0 Å². The van der Waals surface area contributed by atoms with Gasteiger partial charge in [0.1, 0.15) is 27.3 Å². The first-order valence-electron chi connectivity index (χ1n) is 7.06. The largest absolute Gasteiger partial charge is 0.382 e. The van der Waals surface area contributed by atoms with Gasteiger partial charge in [0.25, 0.3) is 0 Å². The van der Waals surface area contributed by atoms with Crippen molar-refractivity contribution in [1.82, 2.24) is 14.5 Å². The van der Waals surface area contributed by atoms with E-state index in [0.29, 0.717) is 24.3 Å². The normalized spacial score (nSPS) is 13.6. The highest BCUT2D eigenvalue weighted by molar-refractivity contribution is 7.90. The van der Waals surface area contributed by atoms with Crippen LogP contribution in [-0.4, -0.2) is 42.1 Å². The highest BCUT2D eigenvalue weighted by Crippen LogP contribution is 2.27. The molecule has 0 aliphatic rings. The summed E-state index contributed by atoms with van der Waals surface area (Å²) in [6, 6.07) is 0. The SMILES string of the molecule is COC(C)c1nc2c(N)ncc(C)c2n1CCCS(C)(=O)=O. The molecule has 2 aromatic heterocycles. The van der Waals surface area contributed by atoms with Gasteiger partial charge in [0, 0.05) is 26.1 Å². The zero-order chi connectivity index (χ0) is 16.5. The van der Waals surface area contributed by atoms with Crippen LogP contribution >= 0.6 is 0 Å². The summed E-state index contributed by atoms with van der Waals surface area (Å²) in [7, 11) is -1.38. The van der Waals surface area contributed by atoms with E-state index in [4.69, 9.17) is 10.5 Å². The van der Waals surface area contributed by atoms with Crippen molar-refractivity contribution < 1.29 is 13.2 Å². The number of pyridine rings is 1. The number of aromatic nitrogens is 3. The molecule has 1 atom stereocenters.